The van der Waals surface area contributed by atoms with Gasteiger partial charge in [0.05, 0.1) is 12.0 Å². The Bertz CT molecular complexity index is 438. The van der Waals surface area contributed by atoms with Gasteiger partial charge in [0.15, 0.2) is 5.78 Å². The fourth-order valence-corrected chi connectivity index (χ4v) is 3.21. The van der Waals surface area contributed by atoms with Crippen LogP contribution in [0.2, 0.25) is 0 Å². The first-order valence-corrected chi connectivity index (χ1v) is 6.48. The van der Waals surface area contributed by atoms with E-state index in [1.807, 2.05) is 19.9 Å². The quantitative estimate of drug-likeness (QED) is 0.747. The van der Waals surface area contributed by atoms with Crippen LogP contribution >= 0.6 is 11.8 Å². The zero-order valence-corrected chi connectivity index (χ0v) is 10.7. The number of hydrogen-bond acceptors (Lipinski definition) is 3. The second kappa shape index (κ2) is 4.50. The molecule has 2 nitrogen and oxygen atoms in total. The molecule has 0 bridgehead atoms. The second-order valence-electron chi connectivity index (χ2n) is 4.10. The van der Waals surface area contributed by atoms with Crippen LogP contribution in [0.4, 0.5) is 0 Å². The van der Waals surface area contributed by atoms with Crippen LogP contribution < -0.4 is 4.74 Å². The van der Waals surface area contributed by atoms with E-state index in [4.69, 9.17) is 4.74 Å². The van der Waals surface area contributed by atoms with E-state index in [-0.39, 0.29) is 5.78 Å². The number of ether oxygens (including phenoxy) is 1. The van der Waals surface area contributed by atoms with Gasteiger partial charge in [-0.15, -0.1) is 11.8 Å². The van der Waals surface area contributed by atoms with E-state index >= 15 is 0 Å². The maximum Gasteiger partial charge on any atom is 0.164 e. The Morgan fingerprint density at radius 3 is 2.81 bits per heavy atom. The third kappa shape index (κ3) is 1.84. The summed E-state index contributed by atoms with van der Waals surface area (Å²) in [5.74, 6) is 2.11. The molecular weight excluding hydrogens is 220 g/mol. The van der Waals surface area contributed by atoms with E-state index in [1.54, 1.807) is 18.9 Å². The standard InChI is InChI=1S/C13H16O2S/c1-8-7-11(15-3)13-12(9(8)2)10(14)5-4-6-16-13/h7H,4-6H2,1-3H3. The number of benzene rings is 1. The molecule has 1 aliphatic rings. The van der Waals surface area contributed by atoms with Crippen LogP contribution in [-0.2, 0) is 0 Å². The van der Waals surface area contributed by atoms with Crippen LogP contribution in [0.3, 0.4) is 0 Å². The van der Waals surface area contributed by atoms with Crippen molar-refractivity contribution in [3.63, 3.8) is 0 Å². The maximum atomic E-state index is 12.1. The van der Waals surface area contributed by atoms with Gasteiger partial charge in [-0.05, 0) is 43.2 Å². The number of rotatable bonds is 1. The predicted octanol–water partition coefficient (Wildman–Crippen LogP) is 3.38. The molecule has 0 aromatic heterocycles. The lowest BCUT2D eigenvalue weighted by molar-refractivity contribution is 0.0979. The van der Waals surface area contributed by atoms with Crippen molar-refractivity contribution < 1.29 is 9.53 Å². The molecule has 3 heteroatoms. The molecule has 0 fully saturated rings. The Kier molecular flexibility index (Phi) is 3.24. The molecule has 16 heavy (non-hydrogen) atoms. The number of carbonyl (C=O) groups is 1. The summed E-state index contributed by atoms with van der Waals surface area (Å²) in [5, 5.41) is 0. The Morgan fingerprint density at radius 1 is 1.38 bits per heavy atom. The number of thioether (sulfide) groups is 1. The number of aryl methyl sites for hydroxylation is 1. The third-order valence-electron chi connectivity index (χ3n) is 3.06. The highest BCUT2D eigenvalue weighted by molar-refractivity contribution is 7.99. The van der Waals surface area contributed by atoms with Crippen molar-refractivity contribution in [1.29, 1.82) is 0 Å². The number of fused-ring (bicyclic) bond motifs is 1. The van der Waals surface area contributed by atoms with Crippen molar-refractivity contribution in [3.8, 4) is 5.75 Å². The summed E-state index contributed by atoms with van der Waals surface area (Å²) < 4.78 is 5.38. The van der Waals surface area contributed by atoms with Gasteiger partial charge >= 0.3 is 0 Å². The van der Waals surface area contributed by atoms with Gasteiger partial charge in [0.1, 0.15) is 5.75 Å². The van der Waals surface area contributed by atoms with E-state index in [0.717, 1.165) is 39.5 Å². The topological polar surface area (TPSA) is 26.3 Å². The molecule has 1 aromatic rings. The minimum atomic E-state index is 0.263. The van der Waals surface area contributed by atoms with E-state index in [2.05, 4.69) is 0 Å². The van der Waals surface area contributed by atoms with Crippen molar-refractivity contribution in [2.45, 2.75) is 31.6 Å². The van der Waals surface area contributed by atoms with Gasteiger partial charge in [0.2, 0.25) is 0 Å². The van der Waals surface area contributed by atoms with Crippen molar-refractivity contribution in [2.75, 3.05) is 12.9 Å². The van der Waals surface area contributed by atoms with E-state index in [1.165, 1.54) is 0 Å². The fourth-order valence-electron chi connectivity index (χ4n) is 2.02. The monoisotopic (exact) mass is 236 g/mol. The molecule has 1 heterocycles. The lowest BCUT2D eigenvalue weighted by Gasteiger charge is -2.15. The highest BCUT2D eigenvalue weighted by atomic mass is 32.2. The summed E-state index contributed by atoms with van der Waals surface area (Å²) in [6.07, 6.45) is 1.62. The first-order valence-electron chi connectivity index (χ1n) is 5.49. The van der Waals surface area contributed by atoms with Crippen LogP contribution in [0.5, 0.6) is 5.75 Å². The Balaban J connectivity index is 2.68. The molecule has 0 saturated carbocycles. The number of carbonyl (C=O) groups excluding carboxylic acids is 1. The van der Waals surface area contributed by atoms with Gasteiger partial charge in [0.25, 0.3) is 0 Å². The summed E-state index contributed by atoms with van der Waals surface area (Å²) in [5.41, 5.74) is 3.13. The second-order valence-corrected chi connectivity index (χ2v) is 5.21. The zero-order valence-electron chi connectivity index (χ0n) is 9.92. The van der Waals surface area contributed by atoms with Crippen molar-refractivity contribution in [1.82, 2.24) is 0 Å². The predicted molar refractivity (Wildman–Crippen MR) is 66.8 cm³/mol. The minimum absolute atomic E-state index is 0.263. The maximum absolute atomic E-state index is 12.1. The summed E-state index contributed by atoms with van der Waals surface area (Å²) in [6, 6.07) is 2.03. The smallest absolute Gasteiger partial charge is 0.164 e. The molecule has 1 aromatic carbocycles. The number of Topliss-reactive ketones (excluding diaryl/α,β-unsaturated/α-hetero) is 1. The molecule has 86 valence electrons. The van der Waals surface area contributed by atoms with E-state index in [0.29, 0.717) is 6.42 Å². The Labute approximate surface area is 100 Å². The van der Waals surface area contributed by atoms with Crippen molar-refractivity contribution in [3.05, 3.63) is 22.8 Å². The molecule has 0 atom stereocenters. The van der Waals surface area contributed by atoms with Crippen LogP contribution in [0.15, 0.2) is 11.0 Å². The highest BCUT2D eigenvalue weighted by Gasteiger charge is 2.22. The van der Waals surface area contributed by atoms with Gasteiger partial charge in [-0.25, -0.2) is 0 Å². The first-order chi connectivity index (χ1) is 7.65. The molecule has 0 aliphatic carbocycles. The van der Waals surface area contributed by atoms with Crippen LogP contribution in [0.25, 0.3) is 0 Å². The Hall–Kier alpha value is -0.960. The molecule has 0 N–H and O–H groups in total. The minimum Gasteiger partial charge on any atom is -0.496 e. The lowest BCUT2D eigenvalue weighted by atomic mass is 9.97. The molecule has 1 aliphatic heterocycles. The van der Waals surface area contributed by atoms with Gasteiger partial charge in [0, 0.05) is 12.0 Å². The lowest BCUT2D eigenvalue weighted by Crippen LogP contribution is -2.04. The summed E-state index contributed by atoms with van der Waals surface area (Å²) in [6.45, 7) is 4.05. The molecule has 0 spiro atoms. The van der Waals surface area contributed by atoms with Gasteiger partial charge < -0.3 is 4.74 Å². The summed E-state index contributed by atoms with van der Waals surface area (Å²) in [7, 11) is 1.67. The SMILES string of the molecule is COc1cc(C)c(C)c2c1SCCCC2=O. The van der Waals surface area contributed by atoms with Gasteiger partial charge in [-0.1, -0.05) is 0 Å². The van der Waals surface area contributed by atoms with E-state index < -0.39 is 0 Å². The molecule has 2 rings (SSSR count). The van der Waals surface area contributed by atoms with Crippen LogP contribution in [-0.4, -0.2) is 18.6 Å². The van der Waals surface area contributed by atoms with Crippen molar-refractivity contribution in [2.24, 2.45) is 0 Å². The average molecular weight is 236 g/mol. The molecule has 0 radical (unpaired) electrons. The largest absolute Gasteiger partial charge is 0.496 e. The zero-order chi connectivity index (χ0) is 11.7. The average Bonchev–Trinajstić information content (AvgIpc) is 2.46. The highest BCUT2D eigenvalue weighted by Crippen LogP contribution is 2.39. The van der Waals surface area contributed by atoms with Crippen molar-refractivity contribution >= 4 is 17.5 Å². The fraction of sp³-hybridized carbons (Fsp3) is 0.462. The first kappa shape index (κ1) is 11.5. The number of ketones is 1. The number of methoxy groups -OCH3 is 1. The van der Waals surface area contributed by atoms with E-state index in [9.17, 15) is 4.79 Å². The normalized spacial score (nSPS) is 15.6. The van der Waals surface area contributed by atoms with Gasteiger partial charge in [-0.2, -0.15) is 0 Å². The molecular formula is C13H16O2S. The summed E-state index contributed by atoms with van der Waals surface area (Å²) in [4.78, 5) is 13.1. The molecule has 0 saturated heterocycles. The number of hydrogen-bond donors (Lipinski definition) is 0. The van der Waals surface area contributed by atoms with Crippen LogP contribution in [0, 0.1) is 13.8 Å². The van der Waals surface area contributed by atoms with Gasteiger partial charge in [-0.3, -0.25) is 4.79 Å². The third-order valence-corrected chi connectivity index (χ3v) is 4.25. The molecule has 0 unspecified atom stereocenters. The molecule has 0 amide bonds. The Morgan fingerprint density at radius 2 is 2.12 bits per heavy atom. The summed E-state index contributed by atoms with van der Waals surface area (Å²) >= 11 is 1.74. The van der Waals surface area contributed by atoms with Crippen LogP contribution in [0.1, 0.15) is 34.3 Å².